The summed E-state index contributed by atoms with van der Waals surface area (Å²) in [4.78, 5) is 0. The fourth-order valence-corrected chi connectivity index (χ4v) is 40.0. The molecule has 0 nitrogen and oxygen atoms in total. The van der Waals surface area contributed by atoms with Gasteiger partial charge in [0.1, 0.15) is 0 Å². The van der Waals surface area contributed by atoms with Crippen molar-refractivity contribution >= 4 is 46.2 Å². The molecule has 0 spiro atoms. The first-order valence-corrected chi connectivity index (χ1v) is 36.8. The van der Waals surface area contributed by atoms with E-state index in [1.807, 2.05) is 0 Å². The molecule has 2 atom stereocenters. The van der Waals surface area contributed by atoms with Gasteiger partial charge in [-0.2, -0.15) is 0 Å². The fraction of sp³-hybridized carbons (Fsp3) is 0.231. The summed E-state index contributed by atoms with van der Waals surface area (Å²) in [5.41, 5.74) is 18.2. The zero-order valence-electron chi connectivity index (χ0n) is 33.6. The molecule has 0 bridgehead atoms. The molecule has 0 N–H and O–H groups in total. The normalized spacial score (nSPS) is 17.1. The summed E-state index contributed by atoms with van der Waals surface area (Å²) in [5, 5.41) is 0. The number of rotatable bonds is 11. The van der Waals surface area contributed by atoms with Crippen LogP contribution >= 0.6 is 17.0 Å². The number of hydrogen-bond donors (Lipinski definition) is 0. The zero-order valence-corrected chi connectivity index (χ0v) is 38.7. The Bertz CT molecular complexity index is 2260. The van der Waals surface area contributed by atoms with Crippen molar-refractivity contribution in [3.8, 4) is 22.3 Å². The van der Waals surface area contributed by atoms with E-state index < -0.39 is 21.5 Å². The van der Waals surface area contributed by atoms with Crippen LogP contribution in [-0.2, 0) is 28.4 Å². The second kappa shape index (κ2) is 15.7. The first-order chi connectivity index (χ1) is 27.0. The molecule has 2 unspecified atom stereocenters. The van der Waals surface area contributed by atoms with Gasteiger partial charge in [-0.3, -0.25) is 0 Å². The van der Waals surface area contributed by atoms with Crippen LogP contribution in [-0.4, -0.2) is 5.92 Å². The van der Waals surface area contributed by atoms with Gasteiger partial charge in [0.2, 0.25) is 0 Å². The molecule has 4 heteroatoms. The van der Waals surface area contributed by atoms with Gasteiger partial charge in [0.15, 0.2) is 0 Å². The summed E-state index contributed by atoms with van der Waals surface area (Å²) in [6.45, 7) is 14.2. The Kier molecular flexibility index (Phi) is 11.0. The minimum atomic E-state index is -5.25. The van der Waals surface area contributed by atoms with Crippen LogP contribution in [0.1, 0.15) is 79.5 Å². The third-order valence-electron chi connectivity index (χ3n) is 12.4. The van der Waals surface area contributed by atoms with Gasteiger partial charge in [-0.15, -0.1) is 0 Å². The third-order valence-corrected chi connectivity index (χ3v) is 63.9. The first-order valence-electron chi connectivity index (χ1n) is 20.5. The van der Waals surface area contributed by atoms with Gasteiger partial charge in [-0.1, -0.05) is 0 Å². The first kappa shape index (κ1) is 39.3. The Balaban J connectivity index is 1.46. The minimum absolute atomic E-state index is 0.0852. The summed E-state index contributed by atoms with van der Waals surface area (Å²) in [7, 11) is 18.2. The molecular weight excluding hydrogens is 815 g/mol. The molecule has 2 aliphatic rings. The Hall–Kier alpha value is -3.52. The van der Waals surface area contributed by atoms with Crippen LogP contribution in [0.2, 0.25) is 13.1 Å². The standard InChI is InChI=1S/2C25H23.C2H7Si.2ClH.Zr/c2*1-18(2)15-22-14-13-21-16-23(19-9-5-3-6-10-19)17-24(21)25(22)20-11-7-4-8-12-20;1-3-2;;;/h2*3-14,16-18H,15H2,1-2H3;3H,1-2H3;2*1H;/q;;;;;+2/p-2. The van der Waals surface area contributed by atoms with E-state index >= 15 is 0 Å². The van der Waals surface area contributed by atoms with E-state index in [2.05, 4.69) is 199 Å². The van der Waals surface area contributed by atoms with E-state index in [1.165, 1.54) is 77.9 Å². The molecule has 0 amide bonds. The van der Waals surface area contributed by atoms with Crippen LogP contribution in [0.3, 0.4) is 0 Å². The van der Waals surface area contributed by atoms with Crippen molar-refractivity contribution in [3.05, 3.63) is 190 Å². The molecule has 6 aromatic carbocycles. The van der Waals surface area contributed by atoms with E-state index in [0.717, 1.165) is 12.8 Å². The second-order valence-electron chi connectivity index (χ2n) is 17.3. The van der Waals surface area contributed by atoms with Crippen molar-refractivity contribution in [1.29, 1.82) is 0 Å². The molecule has 0 heterocycles. The molecule has 0 aromatic heterocycles. The van der Waals surface area contributed by atoms with E-state index in [-0.39, 0.29) is 7.25 Å². The molecule has 8 rings (SSSR count). The average Bonchev–Trinajstić information content (AvgIpc) is 3.80. The van der Waals surface area contributed by atoms with E-state index in [0.29, 0.717) is 11.8 Å². The predicted octanol–water partition coefficient (Wildman–Crippen LogP) is 15.3. The van der Waals surface area contributed by atoms with E-state index in [1.54, 1.807) is 0 Å². The Morgan fingerprint density at radius 2 is 0.786 bits per heavy atom. The van der Waals surface area contributed by atoms with Crippen LogP contribution < -0.4 is 0 Å². The van der Waals surface area contributed by atoms with Crippen LogP contribution in [0.25, 0.3) is 45.6 Å². The molecule has 0 radical (unpaired) electrons. The second-order valence-corrected chi connectivity index (χ2v) is 59.8. The van der Waals surface area contributed by atoms with E-state index in [4.69, 9.17) is 17.0 Å². The SMILES string of the molecule is CC(C)Cc1ccc2c(c1-c1ccccc1)C=C(c1ccccc1)[CH]2[Zr]([Cl])([Cl])([CH]1C(c2ccccc2)=Cc2c1ccc(CC(C)C)c2-c1ccccc1)[SiH](C)C. The molecular formula is C52H53Cl2SiZr. The molecule has 0 fully saturated rings. The van der Waals surface area contributed by atoms with Crippen molar-refractivity contribution in [2.24, 2.45) is 11.8 Å². The number of fused-ring (bicyclic) bond motifs is 2. The van der Waals surface area contributed by atoms with Gasteiger partial charge >= 0.3 is 347 Å². The number of halogens is 2. The van der Waals surface area contributed by atoms with Crippen LogP contribution in [0, 0.1) is 11.8 Å². The predicted molar refractivity (Wildman–Crippen MR) is 246 cm³/mol. The van der Waals surface area contributed by atoms with Crippen molar-refractivity contribution in [2.75, 3.05) is 0 Å². The zero-order chi connectivity index (χ0) is 39.2. The van der Waals surface area contributed by atoms with Gasteiger partial charge in [0, 0.05) is 0 Å². The quantitative estimate of drug-likeness (QED) is 0.114. The molecule has 283 valence electrons. The number of benzene rings is 6. The van der Waals surface area contributed by atoms with Crippen LogP contribution in [0.15, 0.2) is 146 Å². The fourth-order valence-electron chi connectivity index (χ4n) is 9.88. The summed E-state index contributed by atoms with van der Waals surface area (Å²) in [6.07, 6.45) is 7.01. The van der Waals surface area contributed by atoms with Crippen molar-refractivity contribution in [1.82, 2.24) is 0 Å². The van der Waals surface area contributed by atoms with Crippen molar-refractivity contribution in [2.45, 2.75) is 60.9 Å². The van der Waals surface area contributed by atoms with Gasteiger partial charge in [0.05, 0.1) is 0 Å². The van der Waals surface area contributed by atoms with Gasteiger partial charge in [0.25, 0.3) is 0 Å². The molecule has 0 saturated heterocycles. The number of allylic oxidation sites excluding steroid dienone is 2. The molecule has 56 heavy (non-hydrogen) atoms. The summed E-state index contributed by atoms with van der Waals surface area (Å²) in [6, 6.07) is 53.7. The Morgan fingerprint density at radius 1 is 0.464 bits per heavy atom. The Morgan fingerprint density at radius 3 is 1.09 bits per heavy atom. The van der Waals surface area contributed by atoms with Crippen molar-refractivity contribution in [3.63, 3.8) is 0 Å². The summed E-state index contributed by atoms with van der Waals surface area (Å²) < 4.78 is -0.170. The maximum absolute atomic E-state index is 9.09. The molecule has 6 aromatic rings. The molecule has 0 saturated carbocycles. The van der Waals surface area contributed by atoms with Crippen LogP contribution in [0.5, 0.6) is 0 Å². The number of hydrogen-bond acceptors (Lipinski definition) is 0. The molecule has 0 aliphatic heterocycles. The summed E-state index contributed by atoms with van der Waals surface area (Å²) >= 11 is -5.25. The van der Waals surface area contributed by atoms with Crippen molar-refractivity contribution < 1.29 is 15.6 Å². The van der Waals surface area contributed by atoms with Crippen LogP contribution in [0.4, 0.5) is 0 Å². The monoisotopic (exact) mass is 865 g/mol. The van der Waals surface area contributed by atoms with Gasteiger partial charge in [-0.05, 0) is 0 Å². The average molecular weight is 868 g/mol. The van der Waals surface area contributed by atoms with E-state index in [9.17, 15) is 0 Å². The maximum atomic E-state index is 9.09. The molecule has 2 aliphatic carbocycles. The summed E-state index contributed by atoms with van der Waals surface area (Å²) in [5.74, 6) is -0.814. The Labute approximate surface area is 344 Å². The third kappa shape index (κ3) is 6.83. The topological polar surface area (TPSA) is 0 Å². The van der Waals surface area contributed by atoms with Gasteiger partial charge in [-0.25, -0.2) is 0 Å². The van der Waals surface area contributed by atoms with Gasteiger partial charge < -0.3 is 0 Å².